The highest BCUT2D eigenvalue weighted by Crippen LogP contribution is 2.45. The predicted molar refractivity (Wildman–Crippen MR) is 76.5 cm³/mol. The third-order valence-electron chi connectivity index (χ3n) is 4.19. The molecule has 1 atom stereocenters. The molecule has 0 aliphatic heterocycles. The van der Waals surface area contributed by atoms with E-state index >= 15 is 0 Å². The van der Waals surface area contributed by atoms with Crippen LogP contribution in [0.3, 0.4) is 0 Å². The van der Waals surface area contributed by atoms with Gasteiger partial charge in [0.1, 0.15) is 11.5 Å². The number of hydrazine groups is 1. The molecule has 1 aliphatic carbocycles. The van der Waals surface area contributed by atoms with Crippen molar-refractivity contribution in [3.63, 3.8) is 0 Å². The fourth-order valence-corrected chi connectivity index (χ4v) is 3.04. The second-order valence-electron chi connectivity index (χ2n) is 5.41. The standard InChI is InChI=1S/C15H22F2N2O2/c1-20-11-4-3-5-12(21-2)13(11)14(19-18)10-6-8-15(16,17)9-7-10/h3-5,10,14,19H,6-9,18H2,1-2H3. The topological polar surface area (TPSA) is 56.5 Å². The van der Waals surface area contributed by atoms with Crippen molar-refractivity contribution in [2.45, 2.75) is 37.6 Å². The first-order valence-corrected chi connectivity index (χ1v) is 7.07. The van der Waals surface area contributed by atoms with Crippen LogP contribution in [-0.2, 0) is 0 Å². The zero-order valence-corrected chi connectivity index (χ0v) is 12.4. The van der Waals surface area contributed by atoms with Gasteiger partial charge in [-0.1, -0.05) is 6.07 Å². The summed E-state index contributed by atoms with van der Waals surface area (Å²) >= 11 is 0. The van der Waals surface area contributed by atoms with Crippen LogP contribution in [0.2, 0.25) is 0 Å². The smallest absolute Gasteiger partial charge is 0.248 e. The molecule has 1 fully saturated rings. The maximum Gasteiger partial charge on any atom is 0.248 e. The lowest BCUT2D eigenvalue weighted by molar-refractivity contribution is -0.0499. The minimum absolute atomic E-state index is 0.0276. The van der Waals surface area contributed by atoms with E-state index in [1.807, 2.05) is 18.2 Å². The van der Waals surface area contributed by atoms with Gasteiger partial charge in [0.15, 0.2) is 0 Å². The first-order chi connectivity index (χ1) is 10.0. The third kappa shape index (κ3) is 3.44. The number of hydrogen-bond donors (Lipinski definition) is 2. The van der Waals surface area contributed by atoms with E-state index in [1.54, 1.807) is 14.2 Å². The highest BCUT2D eigenvalue weighted by Gasteiger charge is 2.39. The molecule has 0 radical (unpaired) electrons. The summed E-state index contributed by atoms with van der Waals surface area (Å²) in [6, 6.07) is 5.19. The van der Waals surface area contributed by atoms with Crippen molar-refractivity contribution < 1.29 is 18.3 Å². The van der Waals surface area contributed by atoms with Gasteiger partial charge >= 0.3 is 0 Å². The molecule has 0 bridgehead atoms. The van der Waals surface area contributed by atoms with Gasteiger partial charge < -0.3 is 9.47 Å². The second-order valence-corrected chi connectivity index (χ2v) is 5.41. The van der Waals surface area contributed by atoms with Gasteiger partial charge in [0.25, 0.3) is 0 Å². The van der Waals surface area contributed by atoms with Crippen molar-refractivity contribution in [2.24, 2.45) is 11.8 Å². The number of alkyl halides is 2. The Morgan fingerprint density at radius 1 is 1.19 bits per heavy atom. The Hall–Kier alpha value is -1.40. The Labute approximate surface area is 123 Å². The molecule has 118 valence electrons. The predicted octanol–water partition coefficient (Wildman–Crippen LogP) is 3.03. The number of benzene rings is 1. The lowest BCUT2D eigenvalue weighted by Gasteiger charge is -2.34. The van der Waals surface area contributed by atoms with Crippen molar-refractivity contribution in [1.82, 2.24) is 5.43 Å². The summed E-state index contributed by atoms with van der Waals surface area (Å²) in [6.45, 7) is 0. The van der Waals surface area contributed by atoms with E-state index < -0.39 is 5.92 Å². The normalized spacial score (nSPS) is 20.0. The third-order valence-corrected chi connectivity index (χ3v) is 4.19. The van der Waals surface area contributed by atoms with Gasteiger partial charge in [-0.3, -0.25) is 11.3 Å². The van der Waals surface area contributed by atoms with Gasteiger partial charge in [0.05, 0.1) is 25.8 Å². The first-order valence-electron chi connectivity index (χ1n) is 7.07. The Bertz CT molecular complexity index is 450. The fraction of sp³-hybridized carbons (Fsp3) is 0.600. The van der Waals surface area contributed by atoms with Crippen LogP contribution in [0.25, 0.3) is 0 Å². The molecule has 21 heavy (non-hydrogen) atoms. The van der Waals surface area contributed by atoms with Gasteiger partial charge in [-0.25, -0.2) is 8.78 Å². The number of hydrogen-bond acceptors (Lipinski definition) is 4. The minimum Gasteiger partial charge on any atom is -0.496 e. The Balaban J connectivity index is 2.29. The van der Waals surface area contributed by atoms with Crippen molar-refractivity contribution in [3.8, 4) is 11.5 Å². The van der Waals surface area contributed by atoms with Gasteiger partial charge in [-0.2, -0.15) is 0 Å². The highest BCUT2D eigenvalue weighted by atomic mass is 19.3. The summed E-state index contributed by atoms with van der Waals surface area (Å²) < 4.78 is 37.4. The van der Waals surface area contributed by atoms with E-state index in [0.717, 1.165) is 5.56 Å². The Kier molecular flexibility index (Phi) is 5.00. The maximum absolute atomic E-state index is 13.3. The van der Waals surface area contributed by atoms with Crippen LogP contribution < -0.4 is 20.7 Å². The molecule has 6 heteroatoms. The number of ether oxygens (including phenoxy) is 2. The molecule has 1 aromatic rings. The molecule has 1 aliphatic rings. The quantitative estimate of drug-likeness (QED) is 0.648. The molecule has 1 saturated carbocycles. The SMILES string of the molecule is COc1cccc(OC)c1C(NN)C1CCC(F)(F)CC1. The number of halogens is 2. The molecule has 0 heterocycles. The van der Waals surface area contributed by atoms with Crippen molar-refractivity contribution in [3.05, 3.63) is 23.8 Å². The summed E-state index contributed by atoms with van der Waals surface area (Å²) in [4.78, 5) is 0. The van der Waals surface area contributed by atoms with Crippen LogP contribution >= 0.6 is 0 Å². The summed E-state index contributed by atoms with van der Waals surface area (Å²) in [6.07, 6.45) is 0.632. The van der Waals surface area contributed by atoms with E-state index in [1.165, 1.54) is 0 Å². The summed E-state index contributed by atoms with van der Waals surface area (Å²) in [5, 5.41) is 0. The molecule has 2 rings (SSSR count). The molecule has 0 saturated heterocycles. The number of nitrogens with one attached hydrogen (secondary N) is 1. The molecule has 4 nitrogen and oxygen atoms in total. The van der Waals surface area contributed by atoms with Gasteiger partial charge in [-0.15, -0.1) is 0 Å². The lowest BCUT2D eigenvalue weighted by atomic mass is 9.79. The van der Waals surface area contributed by atoms with Crippen LogP contribution in [0.4, 0.5) is 8.78 Å². The monoisotopic (exact) mass is 300 g/mol. The number of methoxy groups -OCH3 is 2. The van der Waals surface area contributed by atoms with Crippen molar-refractivity contribution in [2.75, 3.05) is 14.2 Å². The molecule has 3 N–H and O–H groups in total. The lowest BCUT2D eigenvalue weighted by Crippen LogP contribution is -2.37. The van der Waals surface area contributed by atoms with E-state index in [-0.39, 0.29) is 24.8 Å². The van der Waals surface area contributed by atoms with Crippen LogP contribution in [-0.4, -0.2) is 20.1 Å². The molecule has 0 aromatic heterocycles. The van der Waals surface area contributed by atoms with E-state index in [4.69, 9.17) is 15.3 Å². The summed E-state index contributed by atoms with van der Waals surface area (Å²) in [5.74, 6) is 4.47. The summed E-state index contributed by atoms with van der Waals surface area (Å²) in [5.41, 5.74) is 3.55. The average molecular weight is 300 g/mol. The minimum atomic E-state index is -2.56. The second kappa shape index (κ2) is 6.58. The summed E-state index contributed by atoms with van der Waals surface area (Å²) in [7, 11) is 3.14. The van der Waals surface area contributed by atoms with Gasteiger partial charge in [-0.05, 0) is 30.9 Å². The maximum atomic E-state index is 13.3. The van der Waals surface area contributed by atoms with E-state index in [9.17, 15) is 8.78 Å². The molecule has 1 aromatic carbocycles. The van der Waals surface area contributed by atoms with Crippen LogP contribution in [0.5, 0.6) is 11.5 Å². The van der Waals surface area contributed by atoms with Crippen LogP contribution in [0.1, 0.15) is 37.3 Å². The number of nitrogens with two attached hydrogens (primary N) is 1. The zero-order chi connectivity index (χ0) is 15.5. The Morgan fingerprint density at radius 3 is 2.14 bits per heavy atom. The van der Waals surface area contributed by atoms with Gasteiger partial charge in [0, 0.05) is 12.8 Å². The van der Waals surface area contributed by atoms with E-state index in [2.05, 4.69) is 5.43 Å². The highest BCUT2D eigenvalue weighted by molar-refractivity contribution is 5.47. The zero-order valence-electron chi connectivity index (χ0n) is 12.4. The number of rotatable bonds is 5. The van der Waals surface area contributed by atoms with Crippen LogP contribution in [0.15, 0.2) is 18.2 Å². The first kappa shape index (κ1) is 16.0. The average Bonchev–Trinajstić information content (AvgIpc) is 2.49. The van der Waals surface area contributed by atoms with Crippen molar-refractivity contribution >= 4 is 0 Å². The fourth-order valence-electron chi connectivity index (χ4n) is 3.04. The molecular formula is C15H22F2N2O2. The molecular weight excluding hydrogens is 278 g/mol. The van der Waals surface area contributed by atoms with Crippen LogP contribution in [0, 0.1) is 5.92 Å². The largest absolute Gasteiger partial charge is 0.496 e. The van der Waals surface area contributed by atoms with E-state index in [0.29, 0.717) is 24.3 Å². The van der Waals surface area contributed by atoms with Crippen molar-refractivity contribution in [1.29, 1.82) is 0 Å². The Morgan fingerprint density at radius 2 is 1.71 bits per heavy atom. The van der Waals surface area contributed by atoms with Gasteiger partial charge in [0.2, 0.25) is 5.92 Å². The molecule has 0 spiro atoms. The molecule has 0 amide bonds. The molecule has 1 unspecified atom stereocenters.